The minimum Gasteiger partial charge on any atom is -0.505 e. The van der Waals surface area contributed by atoms with Gasteiger partial charge in [-0.1, -0.05) is 6.92 Å². The Labute approximate surface area is 152 Å². The van der Waals surface area contributed by atoms with E-state index in [1.54, 1.807) is 12.3 Å². The summed E-state index contributed by atoms with van der Waals surface area (Å²) in [6.45, 7) is 1.95. The third kappa shape index (κ3) is 3.29. The Balaban J connectivity index is 2.14. The van der Waals surface area contributed by atoms with E-state index in [2.05, 4.69) is 15.0 Å². The van der Waals surface area contributed by atoms with E-state index in [9.17, 15) is 18.3 Å². The molecule has 3 aromatic heterocycles. The third-order valence-electron chi connectivity index (χ3n) is 3.10. The van der Waals surface area contributed by atoms with Gasteiger partial charge in [-0.05, 0) is 34.4 Å². The number of halogens is 4. The Kier molecular flexibility index (Phi) is 4.60. The second kappa shape index (κ2) is 6.39. The number of pyridine rings is 1. The van der Waals surface area contributed by atoms with Gasteiger partial charge in [0.25, 0.3) is 0 Å². The fraction of sp³-hybridized carbons (Fsp3) is 0.214. The van der Waals surface area contributed by atoms with Gasteiger partial charge < -0.3 is 5.11 Å². The molecule has 0 fully saturated rings. The molecule has 24 heavy (non-hydrogen) atoms. The first kappa shape index (κ1) is 17.3. The number of imidazole rings is 1. The van der Waals surface area contributed by atoms with E-state index in [0.717, 1.165) is 18.1 Å². The number of alkyl halides is 3. The van der Waals surface area contributed by atoms with Crippen molar-refractivity contribution in [3.05, 3.63) is 34.1 Å². The molecule has 3 rings (SSSR count). The number of thioether (sulfide) groups is 1. The van der Waals surface area contributed by atoms with Gasteiger partial charge in [0.15, 0.2) is 0 Å². The Bertz CT molecular complexity index is 913. The maximum absolute atomic E-state index is 12.8. The van der Waals surface area contributed by atoms with E-state index in [1.807, 2.05) is 29.5 Å². The summed E-state index contributed by atoms with van der Waals surface area (Å²) in [6, 6.07) is 2.48. The molecule has 0 amide bonds. The van der Waals surface area contributed by atoms with Crippen molar-refractivity contribution in [2.75, 3.05) is 5.75 Å². The monoisotopic (exact) mass is 466 g/mol. The SMILES string of the molecule is CCSc1cc(O)c(I)nc1-c1cn2cnc(C(F)(F)F)cc2n1. The average Bonchev–Trinajstić information content (AvgIpc) is 2.92. The Morgan fingerprint density at radius 1 is 1.29 bits per heavy atom. The lowest BCUT2D eigenvalue weighted by Gasteiger charge is -2.07. The van der Waals surface area contributed by atoms with Gasteiger partial charge in [-0.2, -0.15) is 13.2 Å². The van der Waals surface area contributed by atoms with Crippen LogP contribution in [0.3, 0.4) is 0 Å². The maximum Gasteiger partial charge on any atom is 0.433 e. The minimum atomic E-state index is -4.52. The van der Waals surface area contributed by atoms with Gasteiger partial charge in [-0.25, -0.2) is 15.0 Å². The smallest absolute Gasteiger partial charge is 0.433 e. The summed E-state index contributed by atoms with van der Waals surface area (Å²) in [5.41, 5.74) is 0.0690. The second-order valence-electron chi connectivity index (χ2n) is 4.74. The van der Waals surface area contributed by atoms with Gasteiger partial charge in [-0.15, -0.1) is 11.8 Å². The number of nitrogens with zero attached hydrogens (tertiary/aromatic N) is 4. The van der Waals surface area contributed by atoms with Crippen LogP contribution in [0.4, 0.5) is 13.2 Å². The topological polar surface area (TPSA) is 63.3 Å². The highest BCUT2D eigenvalue weighted by molar-refractivity contribution is 14.1. The molecule has 5 nitrogen and oxygen atoms in total. The fourth-order valence-electron chi connectivity index (χ4n) is 2.07. The maximum atomic E-state index is 12.8. The molecule has 10 heteroatoms. The first-order valence-corrected chi connectivity index (χ1v) is 8.80. The molecule has 0 atom stereocenters. The number of hydrogen-bond donors (Lipinski definition) is 1. The van der Waals surface area contributed by atoms with Gasteiger partial charge in [0.1, 0.15) is 38.5 Å². The van der Waals surface area contributed by atoms with Crippen molar-refractivity contribution in [1.29, 1.82) is 0 Å². The van der Waals surface area contributed by atoms with Crippen LogP contribution in [0.25, 0.3) is 17.0 Å². The van der Waals surface area contributed by atoms with Crippen LogP contribution in [0.1, 0.15) is 12.6 Å². The van der Waals surface area contributed by atoms with Crippen molar-refractivity contribution in [2.45, 2.75) is 18.0 Å². The molecule has 0 spiro atoms. The van der Waals surface area contributed by atoms with Crippen LogP contribution >= 0.6 is 34.4 Å². The zero-order chi connectivity index (χ0) is 17.5. The molecule has 0 bridgehead atoms. The lowest BCUT2D eigenvalue weighted by Crippen LogP contribution is -2.08. The summed E-state index contributed by atoms with van der Waals surface area (Å²) in [7, 11) is 0. The Hall–Kier alpha value is -1.56. The summed E-state index contributed by atoms with van der Waals surface area (Å²) in [6.07, 6.45) is -1.88. The number of rotatable bonds is 3. The Morgan fingerprint density at radius 2 is 2.04 bits per heavy atom. The number of fused-ring (bicyclic) bond motifs is 1. The largest absolute Gasteiger partial charge is 0.505 e. The van der Waals surface area contributed by atoms with Crippen LogP contribution in [0, 0.1) is 3.70 Å². The normalized spacial score (nSPS) is 12.0. The van der Waals surface area contributed by atoms with Gasteiger partial charge in [0.2, 0.25) is 0 Å². The highest BCUT2D eigenvalue weighted by Gasteiger charge is 2.33. The summed E-state index contributed by atoms with van der Waals surface area (Å²) in [5.74, 6) is 0.807. The summed E-state index contributed by atoms with van der Waals surface area (Å²) in [5, 5.41) is 9.82. The van der Waals surface area contributed by atoms with Crippen molar-refractivity contribution in [1.82, 2.24) is 19.4 Å². The van der Waals surface area contributed by atoms with Gasteiger partial charge in [0, 0.05) is 17.2 Å². The van der Waals surface area contributed by atoms with Crippen molar-refractivity contribution in [2.24, 2.45) is 0 Å². The van der Waals surface area contributed by atoms with Crippen molar-refractivity contribution >= 4 is 40.0 Å². The molecular formula is C14H10F3IN4OS. The first-order chi connectivity index (χ1) is 11.3. The van der Waals surface area contributed by atoms with E-state index in [-0.39, 0.29) is 11.4 Å². The highest BCUT2D eigenvalue weighted by atomic mass is 127. The van der Waals surface area contributed by atoms with Crippen molar-refractivity contribution < 1.29 is 18.3 Å². The van der Waals surface area contributed by atoms with Crippen LogP contribution in [0.5, 0.6) is 5.75 Å². The summed E-state index contributed by atoms with van der Waals surface area (Å²) in [4.78, 5) is 12.7. The van der Waals surface area contributed by atoms with E-state index >= 15 is 0 Å². The van der Waals surface area contributed by atoms with Gasteiger partial charge >= 0.3 is 6.18 Å². The molecule has 0 aromatic carbocycles. The number of aromatic hydroxyl groups is 1. The summed E-state index contributed by atoms with van der Waals surface area (Å²) >= 11 is 3.36. The van der Waals surface area contributed by atoms with Crippen molar-refractivity contribution in [3.8, 4) is 17.1 Å². The van der Waals surface area contributed by atoms with Crippen LogP contribution in [-0.2, 0) is 6.18 Å². The average molecular weight is 466 g/mol. The fourth-order valence-corrected chi connectivity index (χ4v) is 3.26. The van der Waals surface area contributed by atoms with Crippen LogP contribution < -0.4 is 0 Å². The van der Waals surface area contributed by atoms with Crippen molar-refractivity contribution in [3.63, 3.8) is 0 Å². The summed E-state index contributed by atoms with van der Waals surface area (Å²) < 4.78 is 40.1. The number of aromatic nitrogens is 4. The standard InChI is InChI=1S/C14H10F3IN4OS/c1-2-24-9-3-8(23)13(18)21-12(9)7-5-22-6-19-10(14(15,16)17)4-11(22)20-7/h3-6,23H,2H2,1H3. The third-order valence-corrected chi connectivity index (χ3v) is 4.81. The minimum absolute atomic E-state index is 0.0556. The lowest BCUT2D eigenvalue weighted by atomic mass is 10.3. The molecule has 126 valence electrons. The van der Waals surface area contributed by atoms with E-state index in [0.29, 0.717) is 20.0 Å². The predicted octanol–water partition coefficient (Wildman–Crippen LogP) is 4.23. The molecule has 3 aromatic rings. The molecule has 0 unspecified atom stereocenters. The zero-order valence-electron chi connectivity index (χ0n) is 12.2. The van der Waals surface area contributed by atoms with E-state index in [4.69, 9.17) is 0 Å². The molecule has 0 saturated heterocycles. The van der Waals surface area contributed by atoms with Crippen LogP contribution in [0.15, 0.2) is 29.6 Å². The molecule has 0 radical (unpaired) electrons. The van der Waals surface area contributed by atoms with E-state index in [1.165, 1.54) is 16.2 Å². The number of hydrogen-bond acceptors (Lipinski definition) is 5. The molecule has 1 N–H and O–H groups in total. The lowest BCUT2D eigenvalue weighted by molar-refractivity contribution is -0.141. The molecular weight excluding hydrogens is 456 g/mol. The molecule has 0 saturated carbocycles. The molecule has 0 aliphatic carbocycles. The van der Waals surface area contributed by atoms with Crippen LogP contribution in [0.2, 0.25) is 0 Å². The molecule has 3 heterocycles. The zero-order valence-corrected chi connectivity index (χ0v) is 15.1. The molecule has 0 aliphatic heterocycles. The van der Waals surface area contributed by atoms with Crippen LogP contribution in [-0.4, -0.2) is 30.2 Å². The van der Waals surface area contributed by atoms with Gasteiger partial charge in [0.05, 0.1) is 0 Å². The Morgan fingerprint density at radius 3 is 2.71 bits per heavy atom. The quantitative estimate of drug-likeness (QED) is 0.356. The first-order valence-electron chi connectivity index (χ1n) is 6.74. The second-order valence-corrected chi connectivity index (χ2v) is 7.07. The predicted molar refractivity (Wildman–Crippen MR) is 92.0 cm³/mol. The van der Waals surface area contributed by atoms with E-state index < -0.39 is 11.9 Å². The van der Waals surface area contributed by atoms with Gasteiger partial charge in [-0.3, -0.25) is 4.40 Å². The molecule has 0 aliphatic rings. The highest BCUT2D eigenvalue weighted by Crippen LogP contribution is 2.34.